The Morgan fingerprint density at radius 1 is 0.957 bits per heavy atom. The first-order valence-electron chi connectivity index (χ1n) is 7.40. The lowest BCUT2D eigenvalue weighted by Crippen LogP contribution is -2.23. The zero-order chi connectivity index (χ0) is 16.7. The van der Waals surface area contributed by atoms with E-state index < -0.39 is 0 Å². The lowest BCUT2D eigenvalue weighted by molar-refractivity contribution is -0.121. The van der Waals surface area contributed by atoms with E-state index in [1.54, 1.807) is 19.2 Å². The zero-order valence-corrected chi connectivity index (χ0v) is 13.7. The van der Waals surface area contributed by atoms with Crippen LogP contribution >= 0.6 is 11.6 Å². The highest BCUT2D eigenvalue weighted by Crippen LogP contribution is 2.11. The maximum absolute atomic E-state index is 11.9. The normalized spacial score (nSPS) is 10.2. The third-order valence-corrected chi connectivity index (χ3v) is 3.74. The minimum absolute atomic E-state index is 0.00433. The van der Waals surface area contributed by atoms with Gasteiger partial charge in [0.15, 0.2) is 0 Å². The molecule has 0 aliphatic rings. The molecule has 0 bridgehead atoms. The van der Waals surface area contributed by atoms with Gasteiger partial charge in [-0.3, -0.25) is 9.59 Å². The summed E-state index contributed by atoms with van der Waals surface area (Å²) in [6, 6.07) is 14.7. The number of carbonyl (C=O) groups is 2. The molecular formula is C18H19ClN2O2. The standard InChI is InChI=1S/C18H19ClN2O2/c1-20-18(23)15-7-2-14(3-8-15)12-21-17(22)11-6-13-4-9-16(19)10-5-13/h2-5,7-10H,6,11-12H2,1H3,(H,20,23)(H,21,22). The van der Waals surface area contributed by atoms with Gasteiger partial charge in [-0.05, 0) is 41.8 Å². The van der Waals surface area contributed by atoms with Gasteiger partial charge in [-0.25, -0.2) is 0 Å². The topological polar surface area (TPSA) is 58.2 Å². The molecule has 2 amide bonds. The fourth-order valence-electron chi connectivity index (χ4n) is 2.12. The summed E-state index contributed by atoms with van der Waals surface area (Å²) in [4.78, 5) is 23.3. The van der Waals surface area contributed by atoms with Gasteiger partial charge in [0.2, 0.25) is 5.91 Å². The van der Waals surface area contributed by atoms with Gasteiger partial charge in [0, 0.05) is 30.6 Å². The molecule has 120 valence electrons. The van der Waals surface area contributed by atoms with E-state index in [-0.39, 0.29) is 11.8 Å². The van der Waals surface area contributed by atoms with Gasteiger partial charge >= 0.3 is 0 Å². The quantitative estimate of drug-likeness (QED) is 0.855. The Kier molecular flexibility index (Phi) is 6.18. The van der Waals surface area contributed by atoms with Crippen LogP contribution in [0.25, 0.3) is 0 Å². The Hall–Kier alpha value is -2.33. The molecule has 2 aromatic carbocycles. The number of hydrogen-bond donors (Lipinski definition) is 2. The van der Waals surface area contributed by atoms with Gasteiger partial charge in [-0.15, -0.1) is 0 Å². The van der Waals surface area contributed by atoms with Gasteiger partial charge < -0.3 is 10.6 Å². The Labute approximate surface area is 140 Å². The third-order valence-electron chi connectivity index (χ3n) is 3.49. The first-order valence-corrected chi connectivity index (χ1v) is 7.78. The number of aryl methyl sites for hydroxylation is 1. The summed E-state index contributed by atoms with van der Waals surface area (Å²) in [6.07, 6.45) is 1.11. The van der Waals surface area contributed by atoms with Crippen molar-refractivity contribution in [2.45, 2.75) is 19.4 Å². The van der Waals surface area contributed by atoms with Crippen molar-refractivity contribution in [1.29, 1.82) is 0 Å². The SMILES string of the molecule is CNC(=O)c1ccc(CNC(=O)CCc2ccc(Cl)cc2)cc1. The highest BCUT2D eigenvalue weighted by molar-refractivity contribution is 6.30. The zero-order valence-electron chi connectivity index (χ0n) is 12.9. The van der Waals surface area contributed by atoms with Crippen molar-refractivity contribution < 1.29 is 9.59 Å². The van der Waals surface area contributed by atoms with Crippen molar-refractivity contribution in [3.8, 4) is 0 Å². The van der Waals surface area contributed by atoms with Crippen LogP contribution < -0.4 is 10.6 Å². The van der Waals surface area contributed by atoms with E-state index >= 15 is 0 Å². The van der Waals surface area contributed by atoms with Gasteiger partial charge in [0.1, 0.15) is 0 Å². The number of halogens is 1. The van der Waals surface area contributed by atoms with Crippen molar-refractivity contribution in [2.24, 2.45) is 0 Å². The summed E-state index contributed by atoms with van der Waals surface area (Å²) in [7, 11) is 1.59. The molecule has 0 unspecified atom stereocenters. The average molecular weight is 331 g/mol. The molecule has 0 aliphatic carbocycles. The molecule has 5 heteroatoms. The number of rotatable bonds is 6. The van der Waals surface area contributed by atoms with Crippen LogP contribution in [0, 0.1) is 0 Å². The second-order valence-electron chi connectivity index (χ2n) is 5.18. The molecule has 4 nitrogen and oxygen atoms in total. The first-order chi connectivity index (χ1) is 11.1. The molecule has 2 aromatic rings. The predicted molar refractivity (Wildman–Crippen MR) is 91.5 cm³/mol. The molecule has 0 heterocycles. The summed E-state index contributed by atoms with van der Waals surface area (Å²) >= 11 is 5.83. The number of nitrogens with one attached hydrogen (secondary N) is 2. The van der Waals surface area contributed by atoms with Crippen molar-refractivity contribution in [2.75, 3.05) is 7.05 Å². The smallest absolute Gasteiger partial charge is 0.251 e. The van der Waals surface area contributed by atoms with Crippen molar-refractivity contribution in [3.05, 3.63) is 70.2 Å². The highest BCUT2D eigenvalue weighted by atomic mass is 35.5. The summed E-state index contributed by atoms with van der Waals surface area (Å²) in [6.45, 7) is 0.452. The summed E-state index contributed by atoms with van der Waals surface area (Å²) < 4.78 is 0. The molecular weight excluding hydrogens is 312 g/mol. The van der Waals surface area contributed by atoms with E-state index in [4.69, 9.17) is 11.6 Å². The maximum Gasteiger partial charge on any atom is 0.251 e. The highest BCUT2D eigenvalue weighted by Gasteiger charge is 2.05. The second-order valence-corrected chi connectivity index (χ2v) is 5.62. The van der Waals surface area contributed by atoms with Gasteiger partial charge in [0.05, 0.1) is 0 Å². The molecule has 0 fully saturated rings. The van der Waals surface area contributed by atoms with Gasteiger partial charge in [-0.2, -0.15) is 0 Å². The largest absolute Gasteiger partial charge is 0.355 e. The summed E-state index contributed by atoms with van der Waals surface area (Å²) in [5.74, 6) is -0.126. The molecule has 23 heavy (non-hydrogen) atoms. The Morgan fingerprint density at radius 2 is 1.57 bits per heavy atom. The molecule has 0 spiro atoms. The van der Waals surface area contributed by atoms with Gasteiger partial charge in [-0.1, -0.05) is 35.9 Å². The third kappa shape index (κ3) is 5.42. The average Bonchev–Trinajstić information content (AvgIpc) is 2.59. The second kappa shape index (κ2) is 8.34. The van der Waals surface area contributed by atoms with Crippen LogP contribution in [0.3, 0.4) is 0 Å². The van der Waals surface area contributed by atoms with E-state index in [2.05, 4.69) is 10.6 Å². The van der Waals surface area contributed by atoms with Crippen LogP contribution in [0.15, 0.2) is 48.5 Å². The first kappa shape index (κ1) is 17.0. The minimum Gasteiger partial charge on any atom is -0.355 e. The summed E-state index contributed by atoms with van der Waals surface area (Å²) in [5, 5.41) is 6.14. The molecule has 0 saturated carbocycles. The van der Waals surface area contributed by atoms with Crippen LogP contribution in [-0.2, 0) is 17.8 Å². The van der Waals surface area contributed by atoms with E-state index in [9.17, 15) is 9.59 Å². The summed E-state index contributed by atoms with van der Waals surface area (Å²) in [5.41, 5.74) is 2.64. The predicted octanol–water partition coefficient (Wildman–Crippen LogP) is 2.95. The molecule has 2 rings (SSSR count). The van der Waals surface area contributed by atoms with E-state index in [1.165, 1.54) is 0 Å². The maximum atomic E-state index is 11.9. The number of carbonyl (C=O) groups excluding carboxylic acids is 2. The fourth-order valence-corrected chi connectivity index (χ4v) is 2.24. The van der Waals surface area contributed by atoms with E-state index in [0.717, 1.165) is 11.1 Å². The molecule has 0 saturated heterocycles. The lowest BCUT2D eigenvalue weighted by atomic mass is 10.1. The molecule has 2 N–H and O–H groups in total. The van der Waals surface area contributed by atoms with Crippen LogP contribution in [0.1, 0.15) is 27.9 Å². The van der Waals surface area contributed by atoms with Crippen LogP contribution in [-0.4, -0.2) is 18.9 Å². The molecule has 0 radical (unpaired) electrons. The van der Waals surface area contributed by atoms with E-state index in [0.29, 0.717) is 30.0 Å². The molecule has 0 atom stereocenters. The Morgan fingerprint density at radius 3 is 2.17 bits per heavy atom. The van der Waals surface area contributed by atoms with Crippen molar-refractivity contribution in [3.63, 3.8) is 0 Å². The monoisotopic (exact) mass is 330 g/mol. The van der Waals surface area contributed by atoms with E-state index in [1.807, 2.05) is 36.4 Å². The van der Waals surface area contributed by atoms with Crippen LogP contribution in [0.4, 0.5) is 0 Å². The number of amides is 2. The number of hydrogen-bond acceptors (Lipinski definition) is 2. The lowest BCUT2D eigenvalue weighted by Gasteiger charge is -2.07. The Bertz CT molecular complexity index is 666. The molecule has 0 aromatic heterocycles. The van der Waals surface area contributed by atoms with Crippen molar-refractivity contribution in [1.82, 2.24) is 10.6 Å². The van der Waals surface area contributed by atoms with Crippen molar-refractivity contribution >= 4 is 23.4 Å². The Balaban J connectivity index is 1.77. The van der Waals surface area contributed by atoms with Gasteiger partial charge in [0.25, 0.3) is 5.91 Å². The number of benzene rings is 2. The van der Waals surface area contributed by atoms with Crippen LogP contribution in [0.2, 0.25) is 5.02 Å². The minimum atomic E-state index is -0.122. The van der Waals surface area contributed by atoms with Crippen LogP contribution in [0.5, 0.6) is 0 Å². The molecule has 0 aliphatic heterocycles. The fraction of sp³-hybridized carbons (Fsp3) is 0.222.